The number of fused-ring (bicyclic) bond motifs is 1. The lowest BCUT2D eigenvalue weighted by Gasteiger charge is -2.08. The van der Waals surface area contributed by atoms with E-state index in [1.54, 1.807) is 11.3 Å². The van der Waals surface area contributed by atoms with Crippen LogP contribution in [0.3, 0.4) is 0 Å². The smallest absolute Gasteiger partial charge is 0.348 e. The zero-order valence-electron chi connectivity index (χ0n) is 9.45. The number of thiophene rings is 1. The Hall–Kier alpha value is -0.480. The molecular weight excluding hydrogens is 240 g/mol. The third-order valence-electron chi connectivity index (χ3n) is 2.56. The lowest BCUT2D eigenvalue weighted by atomic mass is 10.2. The Morgan fingerprint density at radius 2 is 2.44 bits per heavy atom. The summed E-state index contributed by atoms with van der Waals surface area (Å²) in [6, 6.07) is 2.01. The van der Waals surface area contributed by atoms with Crippen molar-refractivity contribution in [1.29, 1.82) is 0 Å². The molecule has 0 fully saturated rings. The number of hydrogen-bond acceptors (Lipinski definition) is 4. The molecule has 2 rings (SSSR count). The highest BCUT2D eigenvalue weighted by Crippen LogP contribution is 2.31. The molecule has 0 N–H and O–H groups in total. The van der Waals surface area contributed by atoms with Gasteiger partial charge in [0.25, 0.3) is 0 Å². The Labute approximate surface area is 104 Å². The number of unbranched alkanes of at least 4 members (excludes halogenated alkanes) is 1. The van der Waals surface area contributed by atoms with Crippen LogP contribution in [0, 0.1) is 0 Å². The zero-order chi connectivity index (χ0) is 11.4. The summed E-state index contributed by atoms with van der Waals surface area (Å²) in [4.78, 5) is 13.9. The number of ether oxygens (including phenoxy) is 1. The monoisotopic (exact) mass is 256 g/mol. The first kappa shape index (κ1) is 12.0. The number of rotatable bonds is 4. The highest BCUT2D eigenvalue weighted by Gasteiger charge is 2.18. The Bertz CT molecular complexity index is 348. The van der Waals surface area contributed by atoms with Crippen molar-refractivity contribution in [2.24, 2.45) is 0 Å². The summed E-state index contributed by atoms with van der Waals surface area (Å²) >= 11 is 3.55. The van der Waals surface area contributed by atoms with E-state index in [0.717, 1.165) is 29.9 Å². The van der Waals surface area contributed by atoms with Gasteiger partial charge in [-0.1, -0.05) is 13.3 Å². The highest BCUT2D eigenvalue weighted by atomic mass is 32.2. The van der Waals surface area contributed by atoms with Crippen LogP contribution in [0.2, 0.25) is 0 Å². The van der Waals surface area contributed by atoms with E-state index in [1.807, 2.05) is 17.8 Å². The lowest BCUT2D eigenvalue weighted by Crippen LogP contribution is -2.04. The van der Waals surface area contributed by atoms with E-state index in [1.165, 1.54) is 16.2 Å². The second-order valence-corrected chi connectivity index (χ2v) is 6.09. The van der Waals surface area contributed by atoms with Crippen molar-refractivity contribution in [2.75, 3.05) is 12.4 Å². The van der Waals surface area contributed by atoms with Gasteiger partial charge in [-0.2, -0.15) is 11.8 Å². The summed E-state index contributed by atoms with van der Waals surface area (Å²) in [6.45, 7) is 2.64. The molecule has 88 valence electrons. The summed E-state index contributed by atoms with van der Waals surface area (Å²) in [5.41, 5.74) is 1.34. The van der Waals surface area contributed by atoms with E-state index in [4.69, 9.17) is 4.74 Å². The molecule has 1 aromatic heterocycles. The van der Waals surface area contributed by atoms with Crippen LogP contribution in [0.5, 0.6) is 0 Å². The molecule has 0 atom stereocenters. The largest absolute Gasteiger partial charge is 0.462 e. The Balaban J connectivity index is 1.98. The molecule has 2 nitrogen and oxygen atoms in total. The molecule has 0 bridgehead atoms. The number of carbonyl (C=O) groups excluding carboxylic acids is 1. The zero-order valence-corrected chi connectivity index (χ0v) is 11.1. The fourth-order valence-electron chi connectivity index (χ4n) is 1.63. The predicted molar refractivity (Wildman–Crippen MR) is 69.4 cm³/mol. The molecule has 4 heteroatoms. The predicted octanol–water partition coefficient (Wildman–Crippen LogP) is 3.49. The SMILES string of the molecule is CCCCOC(=O)c1cc2c(s1)CCSC2. The number of hydrogen-bond donors (Lipinski definition) is 0. The maximum atomic E-state index is 11.7. The van der Waals surface area contributed by atoms with Gasteiger partial charge in [0.15, 0.2) is 0 Å². The van der Waals surface area contributed by atoms with Crippen molar-refractivity contribution < 1.29 is 9.53 Å². The Morgan fingerprint density at radius 3 is 3.19 bits per heavy atom. The topological polar surface area (TPSA) is 26.3 Å². The van der Waals surface area contributed by atoms with Gasteiger partial charge in [0.2, 0.25) is 0 Å². The molecule has 0 radical (unpaired) electrons. The average Bonchev–Trinajstić information content (AvgIpc) is 2.73. The van der Waals surface area contributed by atoms with E-state index in [-0.39, 0.29) is 5.97 Å². The number of carbonyl (C=O) groups is 1. The van der Waals surface area contributed by atoms with Crippen LogP contribution in [0.1, 0.15) is 39.9 Å². The van der Waals surface area contributed by atoms with Crippen molar-refractivity contribution in [2.45, 2.75) is 31.9 Å². The maximum Gasteiger partial charge on any atom is 0.348 e. The minimum absolute atomic E-state index is 0.141. The van der Waals surface area contributed by atoms with E-state index in [2.05, 4.69) is 6.92 Å². The molecule has 1 aromatic rings. The first-order chi connectivity index (χ1) is 7.81. The molecular formula is C12H16O2S2. The summed E-state index contributed by atoms with van der Waals surface area (Å²) in [5, 5.41) is 0. The molecule has 16 heavy (non-hydrogen) atoms. The normalized spacial score (nSPS) is 14.6. The molecule has 0 saturated carbocycles. The molecule has 1 aliphatic rings. The number of thioether (sulfide) groups is 1. The number of aryl methyl sites for hydroxylation is 1. The second-order valence-electron chi connectivity index (χ2n) is 3.85. The summed E-state index contributed by atoms with van der Waals surface area (Å²) in [5.74, 6) is 2.09. The third-order valence-corrected chi connectivity index (χ3v) is 4.78. The first-order valence-electron chi connectivity index (χ1n) is 5.67. The van der Waals surface area contributed by atoms with Gasteiger partial charge in [0, 0.05) is 10.6 Å². The molecule has 2 heterocycles. The van der Waals surface area contributed by atoms with Crippen LogP contribution >= 0.6 is 23.1 Å². The van der Waals surface area contributed by atoms with Crippen molar-refractivity contribution in [3.8, 4) is 0 Å². The molecule has 1 aliphatic heterocycles. The van der Waals surface area contributed by atoms with E-state index < -0.39 is 0 Å². The molecule has 0 aromatic carbocycles. The molecule has 0 unspecified atom stereocenters. The van der Waals surface area contributed by atoms with Gasteiger partial charge in [-0.25, -0.2) is 4.79 Å². The van der Waals surface area contributed by atoms with Crippen molar-refractivity contribution in [3.63, 3.8) is 0 Å². The van der Waals surface area contributed by atoms with Gasteiger partial charge in [0.1, 0.15) is 4.88 Å². The van der Waals surface area contributed by atoms with Crippen molar-refractivity contribution in [3.05, 3.63) is 21.4 Å². The summed E-state index contributed by atoms with van der Waals surface area (Å²) in [7, 11) is 0. The van der Waals surface area contributed by atoms with Gasteiger partial charge >= 0.3 is 5.97 Å². The number of esters is 1. The highest BCUT2D eigenvalue weighted by molar-refractivity contribution is 7.98. The molecule has 0 aliphatic carbocycles. The van der Waals surface area contributed by atoms with E-state index >= 15 is 0 Å². The second kappa shape index (κ2) is 5.73. The Kier molecular flexibility index (Phi) is 4.29. The Morgan fingerprint density at radius 1 is 1.56 bits per heavy atom. The van der Waals surface area contributed by atoms with Crippen LogP contribution in [0.15, 0.2) is 6.07 Å². The van der Waals surface area contributed by atoms with Crippen molar-refractivity contribution in [1.82, 2.24) is 0 Å². The molecule has 0 saturated heterocycles. The fourth-order valence-corrected chi connectivity index (χ4v) is 3.89. The van der Waals surface area contributed by atoms with E-state index in [9.17, 15) is 4.79 Å². The van der Waals surface area contributed by atoms with Crippen LogP contribution in [-0.4, -0.2) is 18.3 Å². The van der Waals surface area contributed by atoms with Crippen LogP contribution in [0.4, 0.5) is 0 Å². The fraction of sp³-hybridized carbons (Fsp3) is 0.583. The first-order valence-corrected chi connectivity index (χ1v) is 7.65. The van der Waals surface area contributed by atoms with Crippen molar-refractivity contribution >= 4 is 29.1 Å². The summed E-state index contributed by atoms with van der Waals surface area (Å²) < 4.78 is 5.21. The van der Waals surface area contributed by atoms with Crippen LogP contribution < -0.4 is 0 Å². The van der Waals surface area contributed by atoms with Crippen LogP contribution in [-0.2, 0) is 16.9 Å². The van der Waals surface area contributed by atoms with Gasteiger partial charge in [-0.3, -0.25) is 0 Å². The maximum absolute atomic E-state index is 11.7. The van der Waals surface area contributed by atoms with Gasteiger partial charge < -0.3 is 4.74 Å². The minimum atomic E-state index is -0.141. The molecule has 0 amide bonds. The quantitative estimate of drug-likeness (QED) is 0.609. The third kappa shape index (κ3) is 2.80. The molecule has 0 spiro atoms. The standard InChI is InChI=1S/C12H16O2S2/c1-2-3-5-14-12(13)11-7-9-8-15-6-4-10(9)16-11/h7H,2-6,8H2,1H3. The van der Waals surface area contributed by atoms with Crippen LogP contribution in [0.25, 0.3) is 0 Å². The summed E-state index contributed by atoms with van der Waals surface area (Å²) in [6.07, 6.45) is 3.12. The van der Waals surface area contributed by atoms with Gasteiger partial charge in [-0.05, 0) is 30.2 Å². The van der Waals surface area contributed by atoms with Gasteiger partial charge in [-0.15, -0.1) is 11.3 Å². The average molecular weight is 256 g/mol. The minimum Gasteiger partial charge on any atom is -0.462 e. The van der Waals surface area contributed by atoms with Gasteiger partial charge in [0.05, 0.1) is 6.61 Å². The van der Waals surface area contributed by atoms with E-state index in [0.29, 0.717) is 6.61 Å². The lowest BCUT2D eigenvalue weighted by molar-refractivity contribution is 0.0505.